The van der Waals surface area contributed by atoms with E-state index in [1.807, 2.05) is 40.8 Å². The summed E-state index contributed by atoms with van der Waals surface area (Å²) in [6.07, 6.45) is 2.54. The number of nitrogens with zero attached hydrogens (tertiary/aromatic N) is 4. The highest BCUT2D eigenvalue weighted by Gasteiger charge is 2.30. The number of hydrogen-bond acceptors (Lipinski definition) is 5. The van der Waals surface area contributed by atoms with Gasteiger partial charge in [-0.1, -0.05) is 0 Å². The zero-order valence-corrected chi connectivity index (χ0v) is 14.2. The van der Waals surface area contributed by atoms with Crippen LogP contribution < -0.4 is 4.90 Å². The van der Waals surface area contributed by atoms with Crippen LogP contribution in [-0.2, 0) is 4.74 Å². The molecule has 1 aromatic heterocycles. The van der Waals surface area contributed by atoms with Crippen molar-refractivity contribution in [2.75, 3.05) is 31.6 Å². The number of carbonyl (C=O) groups is 1. The van der Waals surface area contributed by atoms with Crippen LogP contribution >= 0.6 is 0 Å². The summed E-state index contributed by atoms with van der Waals surface area (Å²) < 4.78 is 5.42. The van der Waals surface area contributed by atoms with Gasteiger partial charge in [0, 0.05) is 38.6 Å². The second-order valence-corrected chi connectivity index (χ2v) is 6.96. The summed E-state index contributed by atoms with van der Waals surface area (Å²) >= 11 is 0. The summed E-state index contributed by atoms with van der Waals surface area (Å²) in [5, 5.41) is 0. The molecule has 0 bridgehead atoms. The summed E-state index contributed by atoms with van der Waals surface area (Å²) in [7, 11) is 1.99. The molecule has 0 aromatic carbocycles. The van der Waals surface area contributed by atoms with E-state index in [1.165, 1.54) is 0 Å². The summed E-state index contributed by atoms with van der Waals surface area (Å²) in [6.45, 7) is 9.94. The van der Waals surface area contributed by atoms with Gasteiger partial charge in [-0.05, 0) is 46.1 Å². The number of aryl methyl sites for hydroxylation is 1. The maximum atomic E-state index is 12.1. The van der Waals surface area contributed by atoms with E-state index < -0.39 is 5.60 Å². The molecule has 0 unspecified atom stereocenters. The fourth-order valence-corrected chi connectivity index (χ4v) is 2.56. The molecule has 22 heavy (non-hydrogen) atoms. The lowest BCUT2D eigenvalue weighted by Crippen LogP contribution is -2.36. The second-order valence-electron chi connectivity index (χ2n) is 6.96. The molecule has 0 spiro atoms. The molecule has 2 heterocycles. The van der Waals surface area contributed by atoms with Gasteiger partial charge in [0.2, 0.25) is 5.95 Å². The number of anilines is 1. The minimum Gasteiger partial charge on any atom is -0.444 e. The predicted octanol–water partition coefficient (Wildman–Crippen LogP) is 2.48. The Morgan fingerprint density at radius 1 is 1.50 bits per heavy atom. The van der Waals surface area contributed by atoms with Crippen LogP contribution in [0.4, 0.5) is 10.7 Å². The van der Waals surface area contributed by atoms with Crippen molar-refractivity contribution in [3.63, 3.8) is 0 Å². The topological polar surface area (TPSA) is 58.6 Å². The Morgan fingerprint density at radius 3 is 2.86 bits per heavy atom. The summed E-state index contributed by atoms with van der Waals surface area (Å²) in [4.78, 5) is 24.6. The molecule has 2 rings (SSSR count). The highest BCUT2D eigenvalue weighted by molar-refractivity contribution is 5.68. The molecule has 122 valence electrons. The van der Waals surface area contributed by atoms with Gasteiger partial charge in [0.25, 0.3) is 0 Å². The third kappa shape index (κ3) is 4.58. The van der Waals surface area contributed by atoms with E-state index in [0.29, 0.717) is 5.92 Å². The zero-order valence-electron chi connectivity index (χ0n) is 14.2. The summed E-state index contributed by atoms with van der Waals surface area (Å²) in [5.74, 6) is 1.15. The van der Waals surface area contributed by atoms with Crippen LogP contribution in [0.1, 0.15) is 32.9 Å². The largest absolute Gasteiger partial charge is 0.444 e. The molecule has 6 heteroatoms. The molecule has 0 N–H and O–H groups in total. The Labute approximate surface area is 132 Å². The number of rotatable bonds is 3. The Balaban J connectivity index is 1.87. The van der Waals surface area contributed by atoms with Gasteiger partial charge in [-0.3, -0.25) is 0 Å². The summed E-state index contributed by atoms with van der Waals surface area (Å²) in [6, 6.07) is 1.89. The first-order chi connectivity index (χ1) is 10.2. The van der Waals surface area contributed by atoms with Gasteiger partial charge >= 0.3 is 6.09 Å². The van der Waals surface area contributed by atoms with Gasteiger partial charge in [0.1, 0.15) is 5.60 Å². The highest BCUT2D eigenvalue weighted by atomic mass is 16.6. The van der Waals surface area contributed by atoms with Crippen LogP contribution in [-0.4, -0.2) is 53.2 Å². The number of ether oxygens (including phenoxy) is 1. The summed E-state index contributed by atoms with van der Waals surface area (Å²) in [5.41, 5.74) is 0.514. The molecule has 1 aromatic rings. The van der Waals surface area contributed by atoms with Gasteiger partial charge in [-0.25, -0.2) is 14.8 Å². The van der Waals surface area contributed by atoms with Crippen molar-refractivity contribution in [3.8, 4) is 0 Å². The van der Waals surface area contributed by atoms with Crippen LogP contribution in [0.25, 0.3) is 0 Å². The maximum absolute atomic E-state index is 12.1. The minimum atomic E-state index is -0.443. The lowest BCUT2D eigenvalue weighted by Gasteiger charge is -2.25. The minimum absolute atomic E-state index is 0.218. The molecule has 0 aliphatic carbocycles. The van der Waals surface area contributed by atoms with E-state index in [1.54, 1.807) is 11.1 Å². The molecular weight excluding hydrogens is 280 g/mol. The Hall–Kier alpha value is -1.85. The number of amides is 1. The van der Waals surface area contributed by atoms with Crippen LogP contribution in [0.15, 0.2) is 12.3 Å². The first-order valence-corrected chi connectivity index (χ1v) is 7.73. The highest BCUT2D eigenvalue weighted by Crippen LogP contribution is 2.21. The predicted molar refractivity (Wildman–Crippen MR) is 86.0 cm³/mol. The van der Waals surface area contributed by atoms with E-state index in [4.69, 9.17) is 4.74 Å². The molecule has 1 saturated heterocycles. The molecule has 1 aliphatic rings. The van der Waals surface area contributed by atoms with Crippen molar-refractivity contribution >= 4 is 12.0 Å². The monoisotopic (exact) mass is 306 g/mol. The van der Waals surface area contributed by atoms with E-state index in [9.17, 15) is 4.79 Å². The first kappa shape index (κ1) is 16.5. The molecule has 0 saturated carbocycles. The van der Waals surface area contributed by atoms with E-state index in [-0.39, 0.29) is 6.09 Å². The van der Waals surface area contributed by atoms with Crippen molar-refractivity contribution in [3.05, 3.63) is 18.0 Å². The van der Waals surface area contributed by atoms with Gasteiger partial charge in [-0.15, -0.1) is 0 Å². The molecule has 1 amide bonds. The Kier molecular flexibility index (Phi) is 4.88. The number of hydrogen-bond donors (Lipinski definition) is 0. The number of carbonyl (C=O) groups excluding carboxylic acids is 1. The van der Waals surface area contributed by atoms with Crippen molar-refractivity contribution < 1.29 is 9.53 Å². The molecule has 6 nitrogen and oxygen atoms in total. The molecule has 1 fully saturated rings. The van der Waals surface area contributed by atoms with Crippen LogP contribution in [0.3, 0.4) is 0 Å². The number of likely N-dealkylation sites (tertiary alicyclic amines) is 1. The van der Waals surface area contributed by atoms with Crippen molar-refractivity contribution in [1.82, 2.24) is 14.9 Å². The standard InChI is InChI=1S/C16H26N4O2/c1-12-6-8-17-14(18-12)19(5)10-13-7-9-20(11-13)15(21)22-16(2,3)4/h6,8,13H,7,9-11H2,1-5H3/t13-/m0/s1. The Bertz CT molecular complexity index is 527. The van der Waals surface area contributed by atoms with E-state index in [2.05, 4.69) is 14.9 Å². The third-order valence-electron chi connectivity index (χ3n) is 3.59. The average molecular weight is 306 g/mol. The second kappa shape index (κ2) is 6.50. The smallest absolute Gasteiger partial charge is 0.410 e. The average Bonchev–Trinajstić information content (AvgIpc) is 2.85. The molecule has 1 aliphatic heterocycles. The van der Waals surface area contributed by atoms with Gasteiger partial charge in [0.05, 0.1) is 0 Å². The van der Waals surface area contributed by atoms with Gasteiger partial charge in [-0.2, -0.15) is 0 Å². The van der Waals surface area contributed by atoms with Gasteiger partial charge in [0.15, 0.2) is 0 Å². The van der Waals surface area contributed by atoms with Crippen molar-refractivity contribution in [1.29, 1.82) is 0 Å². The SMILES string of the molecule is Cc1ccnc(N(C)C[C@@H]2CCN(C(=O)OC(C)(C)C)C2)n1. The fraction of sp³-hybridized carbons (Fsp3) is 0.688. The van der Waals surface area contributed by atoms with Crippen LogP contribution in [0, 0.1) is 12.8 Å². The zero-order chi connectivity index (χ0) is 16.3. The maximum Gasteiger partial charge on any atom is 0.410 e. The van der Waals surface area contributed by atoms with Gasteiger partial charge < -0.3 is 14.5 Å². The quantitative estimate of drug-likeness (QED) is 0.858. The third-order valence-corrected chi connectivity index (χ3v) is 3.59. The fourth-order valence-electron chi connectivity index (χ4n) is 2.56. The number of aromatic nitrogens is 2. The molecule has 1 atom stereocenters. The van der Waals surface area contributed by atoms with E-state index in [0.717, 1.165) is 37.7 Å². The van der Waals surface area contributed by atoms with Crippen LogP contribution in [0.2, 0.25) is 0 Å². The van der Waals surface area contributed by atoms with Crippen molar-refractivity contribution in [2.45, 2.75) is 39.7 Å². The van der Waals surface area contributed by atoms with Crippen LogP contribution in [0.5, 0.6) is 0 Å². The lowest BCUT2D eigenvalue weighted by atomic mass is 10.1. The van der Waals surface area contributed by atoms with Crippen molar-refractivity contribution in [2.24, 2.45) is 5.92 Å². The lowest BCUT2D eigenvalue weighted by molar-refractivity contribution is 0.0288. The Morgan fingerprint density at radius 2 is 2.23 bits per heavy atom. The molecule has 0 radical (unpaired) electrons. The first-order valence-electron chi connectivity index (χ1n) is 7.73. The van der Waals surface area contributed by atoms with E-state index >= 15 is 0 Å². The normalized spacial score (nSPS) is 18.4. The molecular formula is C16H26N4O2.